The van der Waals surface area contributed by atoms with Crippen molar-refractivity contribution in [2.24, 2.45) is 0 Å². The second-order valence-corrected chi connectivity index (χ2v) is 8.41. The van der Waals surface area contributed by atoms with Crippen molar-refractivity contribution in [3.05, 3.63) is 44.8 Å². The molecule has 0 aliphatic carbocycles. The van der Waals surface area contributed by atoms with Crippen molar-refractivity contribution in [1.82, 2.24) is 0 Å². The van der Waals surface area contributed by atoms with Crippen molar-refractivity contribution in [3.63, 3.8) is 0 Å². The van der Waals surface area contributed by atoms with Crippen LogP contribution in [-0.4, -0.2) is 18.3 Å². The third-order valence-corrected chi connectivity index (χ3v) is 6.13. The largest absolute Gasteiger partial charge is 0.462 e. The van der Waals surface area contributed by atoms with E-state index in [1.165, 1.54) is 11.1 Å². The van der Waals surface area contributed by atoms with Crippen molar-refractivity contribution in [2.75, 3.05) is 0 Å². The smallest absolute Gasteiger partial charge is 0.403 e. The Hall–Kier alpha value is -0.135. The van der Waals surface area contributed by atoms with Gasteiger partial charge in [-0.1, -0.05) is 15.9 Å². The van der Waals surface area contributed by atoms with Crippen LogP contribution in [0, 0.1) is 0 Å². The molecule has 0 aromatic carbocycles. The highest BCUT2D eigenvalue weighted by Crippen LogP contribution is 2.37. The molecule has 22 heavy (non-hydrogen) atoms. The van der Waals surface area contributed by atoms with Crippen molar-refractivity contribution < 1.29 is 9.31 Å². The van der Waals surface area contributed by atoms with E-state index in [1.54, 1.807) is 22.7 Å². The SMILES string of the molecule is BrCc1ccsc1.CC1(C)OB(Cc2ccsc2)OC1(C)C. The Balaban J connectivity index is 0.000000211. The summed E-state index contributed by atoms with van der Waals surface area (Å²) in [7, 11) is -0.107. The van der Waals surface area contributed by atoms with Gasteiger partial charge in [0.1, 0.15) is 0 Å². The summed E-state index contributed by atoms with van der Waals surface area (Å²) in [5, 5.41) is 9.42. The lowest BCUT2D eigenvalue weighted by Gasteiger charge is -2.32. The standard InChI is InChI=1S/C11H17BO2S.C5H5BrS/c1-10(2)11(3,4)14-12(13-10)7-9-5-6-15-8-9;6-3-5-1-2-7-4-5/h5-6,8H,7H2,1-4H3;1-2,4H,3H2. The molecule has 0 atom stereocenters. The summed E-state index contributed by atoms with van der Waals surface area (Å²) in [6.45, 7) is 8.34. The number of hydrogen-bond donors (Lipinski definition) is 0. The Labute approximate surface area is 150 Å². The maximum Gasteiger partial charge on any atom is 0.462 e. The Morgan fingerprint density at radius 3 is 1.82 bits per heavy atom. The lowest BCUT2D eigenvalue weighted by Crippen LogP contribution is -2.41. The van der Waals surface area contributed by atoms with Crippen LogP contribution in [0.4, 0.5) is 0 Å². The third kappa shape index (κ3) is 4.68. The van der Waals surface area contributed by atoms with Gasteiger partial charge in [0.05, 0.1) is 11.2 Å². The monoisotopic (exact) mass is 400 g/mol. The number of thiophene rings is 2. The molecule has 1 saturated heterocycles. The quantitative estimate of drug-likeness (QED) is 0.495. The molecule has 1 aliphatic rings. The van der Waals surface area contributed by atoms with E-state index < -0.39 is 0 Å². The number of halogens is 1. The van der Waals surface area contributed by atoms with Crippen LogP contribution >= 0.6 is 38.6 Å². The number of alkyl halides is 1. The van der Waals surface area contributed by atoms with Gasteiger partial charge in [-0.25, -0.2) is 0 Å². The predicted molar refractivity (Wildman–Crippen MR) is 101 cm³/mol. The fourth-order valence-corrected chi connectivity index (χ4v) is 3.93. The van der Waals surface area contributed by atoms with Crippen LogP contribution < -0.4 is 0 Å². The molecule has 1 fully saturated rings. The van der Waals surface area contributed by atoms with Crippen LogP contribution in [-0.2, 0) is 21.0 Å². The van der Waals surface area contributed by atoms with Gasteiger partial charge in [0, 0.05) is 11.7 Å². The highest BCUT2D eigenvalue weighted by atomic mass is 79.9. The molecule has 2 aromatic heterocycles. The van der Waals surface area contributed by atoms with E-state index in [-0.39, 0.29) is 18.3 Å². The molecule has 0 radical (unpaired) electrons. The van der Waals surface area contributed by atoms with Gasteiger partial charge in [0.25, 0.3) is 0 Å². The molecule has 0 spiro atoms. The first kappa shape index (κ1) is 18.2. The van der Waals surface area contributed by atoms with Gasteiger partial charge >= 0.3 is 7.12 Å². The average Bonchev–Trinajstić information content (AvgIpc) is 3.13. The first-order valence-electron chi connectivity index (χ1n) is 7.28. The lowest BCUT2D eigenvalue weighted by molar-refractivity contribution is 0.00578. The van der Waals surface area contributed by atoms with E-state index >= 15 is 0 Å². The Morgan fingerprint density at radius 2 is 1.45 bits per heavy atom. The van der Waals surface area contributed by atoms with Crippen LogP contribution in [0.2, 0.25) is 0 Å². The molecule has 3 rings (SSSR count). The van der Waals surface area contributed by atoms with Crippen LogP contribution in [0.15, 0.2) is 33.7 Å². The van der Waals surface area contributed by atoms with Crippen molar-refractivity contribution in [1.29, 1.82) is 0 Å². The van der Waals surface area contributed by atoms with E-state index in [1.807, 2.05) is 0 Å². The van der Waals surface area contributed by atoms with E-state index in [2.05, 4.69) is 77.3 Å². The van der Waals surface area contributed by atoms with E-state index in [4.69, 9.17) is 9.31 Å². The first-order chi connectivity index (χ1) is 10.3. The van der Waals surface area contributed by atoms with Gasteiger partial charge in [-0.05, 0) is 72.5 Å². The molecule has 0 unspecified atom stereocenters. The summed E-state index contributed by atoms with van der Waals surface area (Å²) in [6, 6.07) is 4.23. The van der Waals surface area contributed by atoms with Gasteiger partial charge < -0.3 is 9.31 Å². The number of hydrogen-bond acceptors (Lipinski definition) is 4. The molecule has 0 N–H and O–H groups in total. The maximum atomic E-state index is 5.92. The highest BCUT2D eigenvalue weighted by molar-refractivity contribution is 9.08. The minimum absolute atomic E-state index is 0.107. The summed E-state index contributed by atoms with van der Waals surface area (Å²) < 4.78 is 11.8. The molecule has 0 amide bonds. The Morgan fingerprint density at radius 1 is 0.955 bits per heavy atom. The molecule has 120 valence electrons. The lowest BCUT2D eigenvalue weighted by atomic mass is 9.82. The van der Waals surface area contributed by atoms with E-state index in [0.29, 0.717) is 0 Å². The topological polar surface area (TPSA) is 18.5 Å². The van der Waals surface area contributed by atoms with Crippen LogP contribution in [0.1, 0.15) is 38.8 Å². The molecule has 3 heterocycles. The highest BCUT2D eigenvalue weighted by Gasteiger charge is 2.50. The zero-order valence-corrected chi connectivity index (χ0v) is 16.7. The summed E-state index contributed by atoms with van der Waals surface area (Å²) in [5.74, 6) is 0. The zero-order valence-electron chi connectivity index (χ0n) is 13.5. The van der Waals surface area contributed by atoms with Crippen molar-refractivity contribution in [3.8, 4) is 0 Å². The Bertz CT molecular complexity index is 537. The molecule has 0 saturated carbocycles. The van der Waals surface area contributed by atoms with Gasteiger partial charge in [-0.15, -0.1) is 0 Å². The van der Waals surface area contributed by atoms with Crippen LogP contribution in [0.5, 0.6) is 0 Å². The Kier molecular flexibility index (Phi) is 6.31. The van der Waals surface area contributed by atoms with Crippen LogP contribution in [0.25, 0.3) is 0 Å². The summed E-state index contributed by atoms with van der Waals surface area (Å²) in [6.07, 6.45) is 0.844. The number of rotatable bonds is 3. The molecule has 0 bridgehead atoms. The molecule has 2 aromatic rings. The van der Waals surface area contributed by atoms with Gasteiger partial charge in [-0.2, -0.15) is 22.7 Å². The fourth-order valence-electron chi connectivity index (χ4n) is 2.02. The second-order valence-electron chi connectivity index (χ2n) is 6.29. The van der Waals surface area contributed by atoms with Gasteiger partial charge in [-0.3, -0.25) is 0 Å². The van der Waals surface area contributed by atoms with Crippen molar-refractivity contribution in [2.45, 2.75) is 50.5 Å². The summed E-state index contributed by atoms with van der Waals surface area (Å²) in [5.41, 5.74) is 2.23. The second kappa shape index (κ2) is 7.62. The van der Waals surface area contributed by atoms with Crippen molar-refractivity contribution >= 4 is 45.7 Å². The van der Waals surface area contributed by atoms with Gasteiger partial charge in [0.2, 0.25) is 0 Å². The summed E-state index contributed by atoms with van der Waals surface area (Å²) >= 11 is 6.79. The first-order valence-corrected chi connectivity index (χ1v) is 10.3. The molecule has 6 heteroatoms. The third-order valence-electron chi connectivity index (χ3n) is 4.02. The fraction of sp³-hybridized carbons (Fsp3) is 0.500. The van der Waals surface area contributed by atoms with Gasteiger partial charge in [0.15, 0.2) is 0 Å². The van der Waals surface area contributed by atoms with E-state index in [9.17, 15) is 0 Å². The molecular weight excluding hydrogens is 379 g/mol. The molecular formula is C16H22BBrO2S2. The minimum atomic E-state index is -0.215. The average molecular weight is 401 g/mol. The zero-order chi connectivity index (χ0) is 16.2. The predicted octanol–water partition coefficient (Wildman–Crippen LogP) is 5.57. The summed E-state index contributed by atoms with van der Waals surface area (Å²) in [4.78, 5) is 0. The molecule has 1 aliphatic heterocycles. The maximum absolute atomic E-state index is 5.92. The normalized spacial score (nSPS) is 18.9. The molecule has 2 nitrogen and oxygen atoms in total. The minimum Gasteiger partial charge on any atom is -0.403 e. The van der Waals surface area contributed by atoms with Crippen LogP contribution in [0.3, 0.4) is 0 Å². The van der Waals surface area contributed by atoms with E-state index in [0.717, 1.165) is 11.7 Å².